The van der Waals surface area contributed by atoms with Crippen molar-refractivity contribution in [3.05, 3.63) is 24.3 Å². The van der Waals surface area contributed by atoms with Crippen LogP contribution in [-0.4, -0.2) is 149 Å². The predicted molar refractivity (Wildman–Crippen MR) is 218 cm³/mol. The van der Waals surface area contributed by atoms with Crippen molar-refractivity contribution >= 4 is 24.0 Å². The number of morpholine rings is 1. The molecular weight excluding hydrogens is 716 g/mol. The van der Waals surface area contributed by atoms with Gasteiger partial charge >= 0.3 is 24.0 Å². The Labute approximate surface area is 336 Å². The number of carbonyl (C=O) groups excluding carboxylic acids is 4. The number of nitrogens with one attached hydrogen (secondary N) is 3. The molecule has 3 aliphatic rings. The highest BCUT2D eigenvalue weighted by molar-refractivity contribution is 5.75. The third kappa shape index (κ3) is 16.0. The molecule has 2 aliphatic carbocycles. The number of allylic oxidation sites excluding steroid dienone is 4. The summed E-state index contributed by atoms with van der Waals surface area (Å²) in [6.45, 7) is 11.1. The molecular formula is C42H74N6O8. The van der Waals surface area contributed by atoms with Gasteiger partial charge in [0.05, 0.1) is 34.0 Å². The number of methoxy groups -OCH3 is 2. The second kappa shape index (κ2) is 27.4. The molecule has 4 N–H and O–H groups in total. The lowest BCUT2D eigenvalue weighted by molar-refractivity contribution is -0.143. The number of rotatable bonds is 25. The van der Waals surface area contributed by atoms with Crippen LogP contribution in [0.3, 0.4) is 0 Å². The van der Waals surface area contributed by atoms with E-state index in [9.17, 15) is 24.3 Å². The fraction of sp³-hybridized carbons (Fsp3) is 0.810. The molecule has 0 aromatic carbocycles. The molecule has 0 bridgehead atoms. The maximum Gasteiger partial charge on any atom is 0.317 e. The summed E-state index contributed by atoms with van der Waals surface area (Å²) in [5.74, 6) is 0.183. The molecule has 14 heteroatoms. The van der Waals surface area contributed by atoms with Crippen molar-refractivity contribution in [2.75, 3.05) is 92.9 Å². The quantitative estimate of drug-likeness (QED) is 0.0596. The average Bonchev–Trinajstić information content (AvgIpc) is 3.79. The molecule has 1 heterocycles. The van der Waals surface area contributed by atoms with Gasteiger partial charge in [-0.15, -0.1) is 0 Å². The van der Waals surface area contributed by atoms with Gasteiger partial charge in [-0.05, 0) is 87.9 Å². The fourth-order valence-corrected chi connectivity index (χ4v) is 8.83. The van der Waals surface area contributed by atoms with Crippen LogP contribution in [-0.2, 0) is 23.8 Å². The zero-order valence-electron chi connectivity index (χ0n) is 34.9. The van der Waals surface area contributed by atoms with Crippen LogP contribution in [0.1, 0.15) is 90.9 Å². The molecule has 6 atom stereocenters. The van der Waals surface area contributed by atoms with Crippen LogP contribution in [0, 0.1) is 23.7 Å². The van der Waals surface area contributed by atoms with E-state index in [-0.39, 0.29) is 66.4 Å². The first-order chi connectivity index (χ1) is 27.3. The van der Waals surface area contributed by atoms with Crippen molar-refractivity contribution in [3.8, 4) is 0 Å². The first-order valence-electron chi connectivity index (χ1n) is 21.4. The molecule has 1 aliphatic heterocycles. The first kappa shape index (κ1) is 47.2. The monoisotopic (exact) mass is 791 g/mol. The van der Waals surface area contributed by atoms with Crippen LogP contribution >= 0.6 is 0 Å². The van der Waals surface area contributed by atoms with E-state index in [1.807, 2.05) is 9.80 Å². The third-order valence-corrected chi connectivity index (χ3v) is 11.9. The van der Waals surface area contributed by atoms with Crippen LogP contribution in [0.4, 0.5) is 9.59 Å². The summed E-state index contributed by atoms with van der Waals surface area (Å²) in [7, 11) is 2.86. The highest BCUT2D eigenvalue weighted by Gasteiger charge is 2.42. The number of hydrogen-bond acceptors (Lipinski definition) is 10. The molecule has 14 nitrogen and oxygen atoms in total. The highest BCUT2D eigenvalue weighted by atomic mass is 16.5. The van der Waals surface area contributed by atoms with E-state index in [4.69, 9.17) is 14.2 Å². The van der Waals surface area contributed by atoms with Gasteiger partial charge in [-0.2, -0.15) is 0 Å². The smallest absolute Gasteiger partial charge is 0.317 e. The summed E-state index contributed by atoms with van der Waals surface area (Å²) in [5.41, 5.74) is 0. The Morgan fingerprint density at radius 2 is 1.21 bits per heavy atom. The van der Waals surface area contributed by atoms with Crippen molar-refractivity contribution in [2.24, 2.45) is 23.7 Å². The number of urea groups is 2. The summed E-state index contributed by atoms with van der Waals surface area (Å²) >= 11 is 0. The largest absolute Gasteiger partial charge is 0.469 e. The maximum atomic E-state index is 14.0. The number of aliphatic hydroxyl groups is 1. The Hall–Kier alpha value is -3.20. The molecule has 320 valence electrons. The number of amides is 4. The van der Waals surface area contributed by atoms with Gasteiger partial charge in [0.2, 0.25) is 0 Å². The molecule has 3 rings (SSSR count). The van der Waals surface area contributed by atoms with Crippen LogP contribution in [0.2, 0.25) is 0 Å². The van der Waals surface area contributed by atoms with Crippen LogP contribution < -0.4 is 16.0 Å². The van der Waals surface area contributed by atoms with Gasteiger partial charge in [0.25, 0.3) is 0 Å². The molecule has 3 fully saturated rings. The van der Waals surface area contributed by atoms with Crippen molar-refractivity contribution in [1.29, 1.82) is 0 Å². The maximum absolute atomic E-state index is 14.0. The molecule has 4 amide bonds. The summed E-state index contributed by atoms with van der Waals surface area (Å²) in [5, 5.41) is 18.8. The normalized spacial score (nSPS) is 24.1. The lowest BCUT2D eigenvalue weighted by Gasteiger charge is -2.36. The number of hydrogen-bond donors (Lipinski definition) is 4. The second-order valence-corrected chi connectivity index (χ2v) is 15.4. The average molecular weight is 791 g/mol. The topological polar surface area (TPSA) is 162 Å². The van der Waals surface area contributed by atoms with Crippen molar-refractivity contribution in [2.45, 2.75) is 103 Å². The summed E-state index contributed by atoms with van der Waals surface area (Å²) in [4.78, 5) is 58.6. The lowest BCUT2D eigenvalue weighted by atomic mass is 9.87. The molecule has 2 saturated carbocycles. The highest BCUT2D eigenvalue weighted by Crippen LogP contribution is 2.41. The Balaban J connectivity index is 1.61. The summed E-state index contributed by atoms with van der Waals surface area (Å²) in [6, 6.07) is -0.210. The Kier molecular flexibility index (Phi) is 23.1. The van der Waals surface area contributed by atoms with Gasteiger partial charge in [-0.1, -0.05) is 38.2 Å². The van der Waals surface area contributed by atoms with Crippen LogP contribution in [0.15, 0.2) is 24.3 Å². The number of ether oxygens (including phenoxy) is 3. The van der Waals surface area contributed by atoms with Gasteiger partial charge in [-0.25, -0.2) is 9.59 Å². The molecule has 1 saturated heterocycles. The second-order valence-electron chi connectivity index (χ2n) is 15.4. The minimum atomic E-state index is -0.219. The lowest BCUT2D eigenvalue weighted by Crippen LogP contribution is -2.52. The van der Waals surface area contributed by atoms with Crippen molar-refractivity contribution in [3.63, 3.8) is 0 Å². The number of nitrogens with zero attached hydrogens (tertiary/aromatic N) is 3. The third-order valence-electron chi connectivity index (χ3n) is 11.9. The van der Waals surface area contributed by atoms with Crippen molar-refractivity contribution in [1.82, 2.24) is 30.7 Å². The molecule has 0 aromatic heterocycles. The Bertz CT molecular complexity index is 1210. The van der Waals surface area contributed by atoms with E-state index < -0.39 is 0 Å². The molecule has 0 radical (unpaired) electrons. The number of esters is 2. The van der Waals surface area contributed by atoms with Gasteiger partial charge in [0.15, 0.2) is 0 Å². The molecule has 56 heavy (non-hydrogen) atoms. The van der Waals surface area contributed by atoms with Crippen molar-refractivity contribution < 1.29 is 38.5 Å². The minimum absolute atomic E-state index is 0.0195. The molecule has 6 unspecified atom stereocenters. The van der Waals surface area contributed by atoms with E-state index in [1.54, 1.807) is 0 Å². The van der Waals surface area contributed by atoms with Crippen LogP contribution in [0.5, 0.6) is 0 Å². The first-order valence-corrected chi connectivity index (χ1v) is 21.4. The SMILES string of the molecule is CC/C=C/CC1C(CC(=O)OC)CCC1N(CCNCCO)C(=O)NCCCCNC(=O)N(CCN1CCOCC1)C1CCC(CC(=O)OC)C1C/C=C/CC. The van der Waals surface area contributed by atoms with E-state index in [0.29, 0.717) is 78.2 Å². The van der Waals surface area contributed by atoms with Gasteiger partial charge < -0.3 is 45.1 Å². The zero-order chi connectivity index (χ0) is 40.5. The summed E-state index contributed by atoms with van der Waals surface area (Å²) in [6.07, 6.45) is 17.6. The van der Waals surface area contributed by atoms with Gasteiger partial charge in [0.1, 0.15) is 0 Å². The minimum Gasteiger partial charge on any atom is -0.469 e. The zero-order valence-corrected chi connectivity index (χ0v) is 34.9. The standard InChI is InChI=1S/C42H74N6O8/c1-5-7-9-13-35-33(31-39(50)54-3)15-17-37(35)47(23-21-43-22-28-49)41(52)44-19-11-12-20-45-42(53)48(25-24-46-26-29-56-30-27-46)38-18-16-34(32-40(51)55-4)36(38)14-10-8-6-2/h7-10,33-38,43,49H,5-6,11-32H2,1-4H3,(H,44,52)(H,45,53)/b9-7+,10-8+. The van der Waals surface area contributed by atoms with Gasteiger partial charge in [0, 0.05) is 83.8 Å². The van der Waals surface area contributed by atoms with E-state index >= 15 is 0 Å². The number of unbranched alkanes of at least 4 members (excludes halogenated alkanes) is 1. The number of carbonyl (C=O) groups is 4. The molecule has 0 aromatic rings. The summed E-state index contributed by atoms with van der Waals surface area (Å²) < 4.78 is 15.6. The predicted octanol–water partition coefficient (Wildman–Crippen LogP) is 4.33. The number of aliphatic hydroxyl groups excluding tert-OH is 1. The fourth-order valence-electron chi connectivity index (χ4n) is 8.83. The Morgan fingerprint density at radius 3 is 1.68 bits per heavy atom. The van der Waals surface area contributed by atoms with Gasteiger partial charge in [-0.3, -0.25) is 14.5 Å². The van der Waals surface area contributed by atoms with Crippen LogP contribution in [0.25, 0.3) is 0 Å². The van der Waals surface area contributed by atoms with E-state index in [1.165, 1.54) is 14.2 Å². The van der Waals surface area contributed by atoms with E-state index in [2.05, 4.69) is 59.0 Å². The Morgan fingerprint density at radius 1 is 0.714 bits per heavy atom. The van der Waals surface area contributed by atoms with E-state index in [0.717, 1.165) is 71.0 Å². The molecule has 0 spiro atoms.